The lowest BCUT2D eigenvalue weighted by atomic mass is 10.8. The predicted molar refractivity (Wildman–Crippen MR) is 53.3 cm³/mol. The third-order valence-corrected chi connectivity index (χ3v) is 3.22. The Hall–Kier alpha value is 0.0700. The molecule has 0 aromatic rings. The van der Waals surface area contributed by atoms with Crippen LogP contribution < -0.4 is 0 Å². The van der Waals surface area contributed by atoms with E-state index in [4.69, 9.17) is 18.5 Å². The topological polar surface area (TPSA) is 54.0 Å². The first-order chi connectivity index (χ1) is 6.58. The molecule has 0 aromatic heterocycles. The van der Waals surface area contributed by atoms with Crippen LogP contribution in [0.5, 0.6) is 0 Å². The van der Waals surface area contributed by atoms with Gasteiger partial charge in [0.25, 0.3) is 0 Å². The summed E-state index contributed by atoms with van der Waals surface area (Å²) in [6.45, 7) is 5.89. The maximum Gasteiger partial charge on any atom is 0.356 e. The maximum absolute atomic E-state index is 11.8. The first-order valence-corrected chi connectivity index (χ1v) is 6.33. The highest BCUT2D eigenvalue weighted by Gasteiger charge is 2.24. The van der Waals surface area contributed by atoms with E-state index >= 15 is 0 Å². The zero-order chi connectivity index (χ0) is 11.0. The van der Waals surface area contributed by atoms with Crippen LogP contribution in [0.4, 0.5) is 0 Å². The Balaban J connectivity index is 4.02. The molecule has 0 bridgehead atoms. The minimum Gasteiger partial charge on any atom is -0.356 e. The fourth-order valence-electron chi connectivity index (χ4n) is 0.769. The molecule has 0 saturated carbocycles. The van der Waals surface area contributed by atoms with Crippen LogP contribution in [0.15, 0.2) is 0 Å². The molecule has 0 heterocycles. The monoisotopic (exact) mass is 226 g/mol. The van der Waals surface area contributed by atoms with Gasteiger partial charge in [-0.05, 0) is 20.8 Å². The summed E-state index contributed by atoms with van der Waals surface area (Å²) >= 11 is 0. The molecule has 0 fully saturated rings. The highest BCUT2D eigenvalue weighted by Crippen LogP contribution is 2.48. The third kappa shape index (κ3) is 5.73. The van der Waals surface area contributed by atoms with E-state index in [9.17, 15) is 4.57 Å². The number of methoxy groups -OCH3 is 1. The molecule has 86 valence electrons. The Morgan fingerprint density at radius 3 is 2.07 bits per heavy atom. The van der Waals surface area contributed by atoms with Crippen LogP contribution in [-0.2, 0) is 23.1 Å². The Bertz CT molecular complexity index is 175. The summed E-state index contributed by atoms with van der Waals surface area (Å²) in [7, 11) is -1.58. The number of ether oxygens (including phenoxy) is 2. The maximum atomic E-state index is 11.8. The highest BCUT2D eigenvalue weighted by molar-refractivity contribution is 7.53. The molecule has 0 aromatic carbocycles. The zero-order valence-corrected chi connectivity index (χ0v) is 10.1. The van der Waals surface area contributed by atoms with Crippen molar-refractivity contribution >= 4 is 7.60 Å². The molecule has 0 spiro atoms. The van der Waals surface area contributed by atoms with E-state index in [1.54, 1.807) is 20.8 Å². The lowest BCUT2D eigenvalue weighted by molar-refractivity contribution is -0.0998. The molecule has 0 saturated heterocycles. The molecule has 0 amide bonds. The summed E-state index contributed by atoms with van der Waals surface area (Å²) in [4.78, 5) is 0. The van der Waals surface area contributed by atoms with Gasteiger partial charge in [0.2, 0.25) is 0 Å². The zero-order valence-electron chi connectivity index (χ0n) is 9.19. The van der Waals surface area contributed by atoms with E-state index < -0.39 is 13.9 Å². The average molecular weight is 226 g/mol. The van der Waals surface area contributed by atoms with Crippen molar-refractivity contribution in [1.29, 1.82) is 0 Å². The molecule has 0 N–H and O–H groups in total. The first-order valence-electron chi connectivity index (χ1n) is 4.60. The molecular formula is C8H19O5P. The molecule has 1 atom stereocenters. The van der Waals surface area contributed by atoms with Gasteiger partial charge in [-0.2, -0.15) is 0 Å². The summed E-state index contributed by atoms with van der Waals surface area (Å²) in [5.74, 6) is 0. The summed E-state index contributed by atoms with van der Waals surface area (Å²) in [5, 5.41) is 0. The van der Waals surface area contributed by atoms with Gasteiger partial charge in [0.1, 0.15) is 0 Å². The van der Waals surface area contributed by atoms with Crippen LogP contribution >= 0.6 is 7.60 Å². The molecule has 14 heavy (non-hydrogen) atoms. The van der Waals surface area contributed by atoms with Gasteiger partial charge in [0.15, 0.2) is 12.6 Å². The minimum absolute atomic E-state index is 0.0797. The van der Waals surface area contributed by atoms with Gasteiger partial charge in [0.05, 0.1) is 13.2 Å². The van der Waals surface area contributed by atoms with Crippen LogP contribution in [0.1, 0.15) is 20.8 Å². The molecule has 5 nitrogen and oxygen atoms in total. The number of hydrogen-bond acceptors (Lipinski definition) is 5. The van der Waals surface area contributed by atoms with Gasteiger partial charge >= 0.3 is 7.60 Å². The summed E-state index contributed by atoms with van der Waals surface area (Å²) in [5.41, 5.74) is 0. The lowest BCUT2D eigenvalue weighted by Gasteiger charge is -2.18. The van der Waals surface area contributed by atoms with E-state index in [1.807, 2.05) is 0 Å². The van der Waals surface area contributed by atoms with Crippen molar-refractivity contribution < 1.29 is 23.1 Å². The van der Waals surface area contributed by atoms with Gasteiger partial charge in [-0.15, -0.1) is 0 Å². The van der Waals surface area contributed by atoms with Crippen LogP contribution in [0, 0.1) is 0 Å². The van der Waals surface area contributed by atoms with E-state index in [0.717, 1.165) is 0 Å². The molecule has 0 aliphatic heterocycles. The molecule has 0 aliphatic carbocycles. The fourth-order valence-corrected chi connectivity index (χ4v) is 2.17. The van der Waals surface area contributed by atoms with Crippen LogP contribution in [0.3, 0.4) is 0 Å². The largest absolute Gasteiger partial charge is 0.356 e. The smallest absolute Gasteiger partial charge is 0.356 e. The number of hydrogen-bond donors (Lipinski definition) is 0. The lowest BCUT2D eigenvalue weighted by Crippen LogP contribution is -2.13. The predicted octanol–water partition coefficient (Wildman–Crippen LogP) is 2.22. The van der Waals surface area contributed by atoms with Crippen molar-refractivity contribution in [3.63, 3.8) is 0 Å². The van der Waals surface area contributed by atoms with Crippen molar-refractivity contribution in [2.24, 2.45) is 0 Å². The van der Waals surface area contributed by atoms with E-state index in [-0.39, 0.29) is 6.35 Å². The minimum atomic E-state index is -3.09. The van der Waals surface area contributed by atoms with Gasteiger partial charge in [0, 0.05) is 7.11 Å². The SMILES string of the molecule is CCOP(=O)(COC(C)OC)OCC. The normalized spacial score (nSPS) is 14.3. The number of rotatable bonds is 8. The molecular weight excluding hydrogens is 207 g/mol. The van der Waals surface area contributed by atoms with Gasteiger partial charge < -0.3 is 18.5 Å². The highest BCUT2D eigenvalue weighted by atomic mass is 31.2. The third-order valence-electron chi connectivity index (χ3n) is 1.45. The summed E-state index contributed by atoms with van der Waals surface area (Å²) in [6.07, 6.45) is -0.492. The second-order valence-electron chi connectivity index (χ2n) is 2.55. The average Bonchev–Trinajstić information content (AvgIpc) is 2.15. The van der Waals surface area contributed by atoms with Crippen molar-refractivity contribution in [1.82, 2.24) is 0 Å². The molecule has 6 heteroatoms. The van der Waals surface area contributed by atoms with Crippen LogP contribution in [0.2, 0.25) is 0 Å². The van der Waals surface area contributed by atoms with Crippen LogP contribution in [0.25, 0.3) is 0 Å². The van der Waals surface area contributed by atoms with Gasteiger partial charge in [-0.25, -0.2) is 0 Å². The van der Waals surface area contributed by atoms with E-state index in [1.165, 1.54) is 7.11 Å². The molecule has 1 unspecified atom stereocenters. The second-order valence-corrected chi connectivity index (χ2v) is 4.54. The Morgan fingerprint density at radius 2 is 1.71 bits per heavy atom. The molecule has 0 rings (SSSR count). The van der Waals surface area contributed by atoms with Gasteiger partial charge in [-0.1, -0.05) is 0 Å². The van der Waals surface area contributed by atoms with Crippen molar-refractivity contribution in [2.75, 3.05) is 26.7 Å². The Labute approximate surface area is 85.2 Å². The van der Waals surface area contributed by atoms with Gasteiger partial charge in [-0.3, -0.25) is 4.57 Å². The van der Waals surface area contributed by atoms with E-state index in [0.29, 0.717) is 13.2 Å². The summed E-state index contributed by atoms with van der Waals surface area (Å²) in [6, 6.07) is 0. The molecule has 0 aliphatic rings. The first kappa shape index (κ1) is 14.1. The van der Waals surface area contributed by atoms with Crippen molar-refractivity contribution in [3.05, 3.63) is 0 Å². The van der Waals surface area contributed by atoms with E-state index in [2.05, 4.69) is 0 Å². The standard InChI is InChI=1S/C8H19O5P/c1-5-12-14(9,13-6-2)7-11-8(3)10-4/h8H,5-7H2,1-4H3. The fraction of sp³-hybridized carbons (Fsp3) is 1.00. The summed E-state index contributed by atoms with van der Waals surface area (Å²) < 4.78 is 31.8. The molecule has 0 radical (unpaired) electrons. The van der Waals surface area contributed by atoms with Crippen molar-refractivity contribution in [3.8, 4) is 0 Å². The second kappa shape index (κ2) is 7.37. The van der Waals surface area contributed by atoms with Crippen molar-refractivity contribution in [2.45, 2.75) is 27.1 Å². The Morgan fingerprint density at radius 1 is 1.21 bits per heavy atom. The quantitative estimate of drug-likeness (QED) is 0.469. The Kier molecular flexibility index (Phi) is 7.41. The van der Waals surface area contributed by atoms with Crippen LogP contribution in [-0.4, -0.2) is 33.0 Å².